The van der Waals surface area contributed by atoms with Crippen LogP contribution in [0.25, 0.3) is 0 Å². The molecule has 6 nitrogen and oxygen atoms in total. The van der Waals surface area contributed by atoms with Crippen molar-refractivity contribution in [3.05, 3.63) is 72.9 Å². The smallest absolute Gasteiger partial charge is 0.306 e. The molecular weight excluding hydrogens is 466 g/mol. The van der Waals surface area contributed by atoms with Crippen LogP contribution in [0.15, 0.2) is 72.9 Å². The Morgan fingerprint density at radius 3 is 1.73 bits per heavy atom. The molecule has 0 aromatic carbocycles. The molecular formula is C31H49NO5. The summed E-state index contributed by atoms with van der Waals surface area (Å²) in [6.07, 6.45) is 31.6. The number of aliphatic hydroxyl groups excluding tert-OH is 2. The molecule has 0 aliphatic carbocycles. The highest BCUT2D eigenvalue weighted by molar-refractivity contribution is 5.81. The molecule has 208 valence electrons. The van der Waals surface area contributed by atoms with Crippen LogP contribution >= 0.6 is 0 Å². The van der Waals surface area contributed by atoms with Crippen LogP contribution < -0.4 is 5.32 Å². The van der Waals surface area contributed by atoms with E-state index in [0.717, 1.165) is 38.5 Å². The third-order valence-electron chi connectivity index (χ3n) is 5.39. The van der Waals surface area contributed by atoms with Crippen LogP contribution in [0.3, 0.4) is 0 Å². The lowest BCUT2D eigenvalue weighted by Crippen LogP contribution is -2.45. The van der Waals surface area contributed by atoms with Crippen LogP contribution in [0.5, 0.6) is 0 Å². The highest BCUT2D eigenvalue weighted by Gasteiger charge is 2.32. The van der Waals surface area contributed by atoms with Gasteiger partial charge in [-0.05, 0) is 51.4 Å². The SMILES string of the molecule is CCC=CCC=CCC=CCC=CCC=CCC=CCCC(=O)OCCCNC(=O)[C@@H](O)C(C)(C)CO. The average molecular weight is 516 g/mol. The molecule has 0 rings (SSSR count). The summed E-state index contributed by atoms with van der Waals surface area (Å²) in [6, 6.07) is 0. The van der Waals surface area contributed by atoms with Crippen LogP contribution in [-0.4, -0.2) is 48.0 Å². The van der Waals surface area contributed by atoms with Gasteiger partial charge in [-0.1, -0.05) is 93.7 Å². The van der Waals surface area contributed by atoms with Crippen molar-refractivity contribution in [1.82, 2.24) is 5.32 Å². The first-order valence-corrected chi connectivity index (χ1v) is 13.5. The van der Waals surface area contributed by atoms with Crippen LogP contribution in [-0.2, 0) is 14.3 Å². The maximum absolute atomic E-state index is 11.8. The number of nitrogens with one attached hydrogen (secondary N) is 1. The first-order chi connectivity index (χ1) is 17.8. The lowest BCUT2D eigenvalue weighted by Gasteiger charge is -2.27. The van der Waals surface area contributed by atoms with Crippen molar-refractivity contribution in [2.75, 3.05) is 19.8 Å². The van der Waals surface area contributed by atoms with Crippen LogP contribution in [0, 0.1) is 5.41 Å². The van der Waals surface area contributed by atoms with E-state index in [-0.39, 0.29) is 25.7 Å². The van der Waals surface area contributed by atoms with Gasteiger partial charge >= 0.3 is 5.97 Å². The zero-order chi connectivity index (χ0) is 27.6. The molecule has 0 spiro atoms. The van der Waals surface area contributed by atoms with Crippen LogP contribution in [0.4, 0.5) is 0 Å². The summed E-state index contributed by atoms with van der Waals surface area (Å²) in [5, 5.41) is 21.7. The van der Waals surface area contributed by atoms with E-state index in [4.69, 9.17) is 4.74 Å². The summed E-state index contributed by atoms with van der Waals surface area (Å²) in [5.41, 5.74) is -0.905. The van der Waals surface area contributed by atoms with Gasteiger partial charge in [0, 0.05) is 18.4 Å². The maximum Gasteiger partial charge on any atom is 0.306 e. The van der Waals surface area contributed by atoms with Crippen LogP contribution in [0.2, 0.25) is 0 Å². The Morgan fingerprint density at radius 1 is 0.811 bits per heavy atom. The quantitative estimate of drug-likeness (QED) is 0.101. The molecule has 3 N–H and O–H groups in total. The molecule has 6 heteroatoms. The fourth-order valence-corrected chi connectivity index (χ4v) is 2.92. The third-order valence-corrected chi connectivity index (χ3v) is 5.39. The fraction of sp³-hybridized carbons (Fsp3) is 0.548. The molecule has 1 amide bonds. The number of esters is 1. The van der Waals surface area contributed by atoms with Crippen molar-refractivity contribution >= 4 is 11.9 Å². The van der Waals surface area contributed by atoms with Crippen LogP contribution in [0.1, 0.15) is 78.6 Å². The van der Waals surface area contributed by atoms with E-state index >= 15 is 0 Å². The van der Waals surface area contributed by atoms with Gasteiger partial charge in [0.05, 0.1) is 13.2 Å². The van der Waals surface area contributed by atoms with Gasteiger partial charge in [-0.25, -0.2) is 0 Å². The second-order valence-electron chi connectivity index (χ2n) is 9.37. The van der Waals surface area contributed by atoms with E-state index in [9.17, 15) is 19.8 Å². The molecule has 0 bridgehead atoms. The monoisotopic (exact) mass is 515 g/mol. The first-order valence-electron chi connectivity index (χ1n) is 13.5. The molecule has 0 radical (unpaired) electrons. The highest BCUT2D eigenvalue weighted by atomic mass is 16.5. The minimum absolute atomic E-state index is 0.211. The number of hydrogen-bond acceptors (Lipinski definition) is 5. The van der Waals surface area contributed by atoms with Crippen molar-refractivity contribution < 1.29 is 24.5 Å². The largest absolute Gasteiger partial charge is 0.466 e. The number of rotatable bonds is 21. The topological polar surface area (TPSA) is 95.9 Å². The lowest BCUT2D eigenvalue weighted by atomic mass is 9.87. The minimum atomic E-state index is -1.29. The average Bonchev–Trinajstić information content (AvgIpc) is 2.89. The number of ether oxygens (including phenoxy) is 1. The summed E-state index contributed by atoms with van der Waals surface area (Å²) in [4.78, 5) is 23.6. The van der Waals surface area contributed by atoms with E-state index < -0.39 is 17.4 Å². The zero-order valence-electron chi connectivity index (χ0n) is 23.1. The van der Waals surface area contributed by atoms with E-state index in [0.29, 0.717) is 19.3 Å². The van der Waals surface area contributed by atoms with Gasteiger partial charge in [0.25, 0.3) is 0 Å². The molecule has 1 atom stereocenters. The van der Waals surface area contributed by atoms with Gasteiger partial charge in [0.2, 0.25) is 5.91 Å². The van der Waals surface area contributed by atoms with Crippen molar-refractivity contribution in [2.45, 2.75) is 84.7 Å². The Balaban J connectivity index is 3.70. The Morgan fingerprint density at radius 2 is 1.27 bits per heavy atom. The van der Waals surface area contributed by atoms with Gasteiger partial charge < -0.3 is 20.3 Å². The predicted molar refractivity (Wildman–Crippen MR) is 153 cm³/mol. The number of aliphatic hydroxyl groups is 2. The molecule has 37 heavy (non-hydrogen) atoms. The number of amides is 1. The standard InChI is InChI=1S/C31H49NO5/c1-4-5-6-7-8-9-10-11-12-13-14-15-16-17-18-19-20-21-22-24-28(34)37-26-23-25-32-30(36)29(35)31(2,3)27-33/h5-6,8-9,11-12,14-15,17-18,20-21,29,33,35H,4,7,10,13,16,19,22-27H2,1-3H3,(H,32,36)/t29-/m1/s1. The van der Waals surface area contributed by atoms with E-state index in [1.54, 1.807) is 13.8 Å². The molecule has 0 fully saturated rings. The Labute approximate surface area is 224 Å². The minimum Gasteiger partial charge on any atom is -0.466 e. The fourth-order valence-electron chi connectivity index (χ4n) is 2.92. The molecule has 0 heterocycles. The number of allylic oxidation sites excluding steroid dienone is 12. The Bertz CT molecular complexity index is 774. The summed E-state index contributed by atoms with van der Waals surface area (Å²) in [5.74, 6) is -0.810. The highest BCUT2D eigenvalue weighted by Crippen LogP contribution is 2.19. The molecule has 0 aromatic rings. The molecule has 0 saturated heterocycles. The number of hydrogen-bond donors (Lipinski definition) is 3. The second kappa shape index (κ2) is 23.7. The molecule has 0 unspecified atom stereocenters. The van der Waals surface area contributed by atoms with E-state index in [1.165, 1.54) is 0 Å². The predicted octanol–water partition coefficient (Wildman–Crippen LogP) is 5.89. The van der Waals surface area contributed by atoms with Gasteiger partial charge in [-0.15, -0.1) is 0 Å². The van der Waals surface area contributed by atoms with E-state index in [1.807, 2.05) is 12.2 Å². The van der Waals surface area contributed by atoms with Gasteiger partial charge in [0.1, 0.15) is 6.10 Å². The number of carbonyl (C=O) groups is 2. The Hall–Kier alpha value is -2.70. The summed E-state index contributed by atoms with van der Waals surface area (Å²) >= 11 is 0. The van der Waals surface area contributed by atoms with Crippen molar-refractivity contribution in [1.29, 1.82) is 0 Å². The molecule has 0 aliphatic heterocycles. The zero-order valence-corrected chi connectivity index (χ0v) is 23.1. The molecule has 0 saturated carbocycles. The first kappa shape index (κ1) is 34.3. The molecule has 0 aliphatic rings. The number of carbonyl (C=O) groups excluding carboxylic acids is 2. The summed E-state index contributed by atoms with van der Waals surface area (Å²) in [6.45, 7) is 5.56. The second-order valence-corrected chi connectivity index (χ2v) is 9.37. The van der Waals surface area contributed by atoms with Gasteiger partial charge in [-0.2, -0.15) is 0 Å². The van der Waals surface area contributed by atoms with E-state index in [2.05, 4.69) is 73.0 Å². The summed E-state index contributed by atoms with van der Waals surface area (Å²) < 4.78 is 5.15. The van der Waals surface area contributed by atoms with Crippen molar-refractivity contribution in [3.8, 4) is 0 Å². The normalized spacial score (nSPS) is 13.8. The maximum atomic E-state index is 11.8. The molecule has 0 aromatic heterocycles. The third kappa shape index (κ3) is 21.1. The van der Waals surface area contributed by atoms with Gasteiger partial charge in [0.15, 0.2) is 0 Å². The lowest BCUT2D eigenvalue weighted by molar-refractivity contribution is -0.143. The Kier molecular flexibility index (Phi) is 22.0. The van der Waals surface area contributed by atoms with Crippen molar-refractivity contribution in [2.24, 2.45) is 5.41 Å². The summed E-state index contributed by atoms with van der Waals surface area (Å²) in [7, 11) is 0. The van der Waals surface area contributed by atoms with Crippen molar-refractivity contribution in [3.63, 3.8) is 0 Å². The van der Waals surface area contributed by atoms with Gasteiger partial charge in [-0.3, -0.25) is 9.59 Å².